The molecule has 322 valence electrons. The fourth-order valence-corrected chi connectivity index (χ4v) is 14.0. The summed E-state index contributed by atoms with van der Waals surface area (Å²) in [5, 5.41) is 39.8. The number of aliphatic hydroxyl groups is 3. The number of carbonyl (C=O) groups excluding carboxylic acids is 2. The molecule has 10 N–H and O–H groups in total. The molecule has 18 atom stereocenters. The minimum absolute atomic E-state index is 0.0407. The Morgan fingerprint density at radius 3 is 2.47 bits per heavy atom. The van der Waals surface area contributed by atoms with Crippen molar-refractivity contribution in [1.29, 1.82) is 0 Å². The molecule has 12 nitrogen and oxygen atoms in total. The molecule has 2 bridgehead atoms. The number of nitrogens with one attached hydrogen (secondary N) is 1. The molecular formula is C45H75N4O8+. The van der Waals surface area contributed by atoms with E-state index < -0.39 is 48.0 Å². The van der Waals surface area contributed by atoms with Crippen molar-refractivity contribution in [2.24, 2.45) is 70.6 Å². The van der Waals surface area contributed by atoms with Gasteiger partial charge in [0.15, 0.2) is 0 Å². The molecule has 8 aliphatic rings. The van der Waals surface area contributed by atoms with E-state index in [1.54, 1.807) is 0 Å². The number of hydrogen-bond donors (Lipinski definition) is 7. The summed E-state index contributed by atoms with van der Waals surface area (Å²) in [6.45, 7) is 5.60. The molecule has 14 unspecified atom stereocenters. The van der Waals surface area contributed by atoms with Gasteiger partial charge in [0.25, 0.3) is 0 Å². The van der Waals surface area contributed by atoms with Crippen LogP contribution in [0.4, 0.5) is 0 Å². The van der Waals surface area contributed by atoms with Crippen molar-refractivity contribution >= 4 is 11.8 Å². The molecule has 12 heteroatoms. The van der Waals surface area contributed by atoms with E-state index in [9.17, 15) is 24.9 Å². The van der Waals surface area contributed by atoms with Crippen LogP contribution >= 0.6 is 0 Å². The lowest BCUT2D eigenvalue weighted by atomic mass is 9.53. The molecule has 8 fully saturated rings. The average Bonchev–Trinajstić information content (AvgIpc) is 3.72. The number of allylic oxidation sites excluding steroid dienone is 1. The Hall–Kier alpha value is -1.48. The summed E-state index contributed by atoms with van der Waals surface area (Å²) < 4.78 is 21.4. The first-order valence-corrected chi connectivity index (χ1v) is 23.3. The van der Waals surface area contributed by atoms with E-state index in [1.807, 2.05) is 13.0 Å². The van der Waals surface area contributed by atoms with Gasteiger partial charge < -0.3 is 45.9 Å². The molecule has 0 aromatic heterocycles. The summed E-state index contributed by atoms with van der Waals surface area (Å²) >= 11 is 0. The van der Waals surface area contributed by atoms with Crippen molar-refractivity contribution < 1.29 is 44.4 Å². The molecule has 5 heterocycles. The Labute approximate surface area is 340 Å². The highest BCUT2D eigenvalue weighted by Crippen LogP contribution is 2.58. The third-order valence-corrected chi connectivity index (χ3v) is 17.0. The number of aliphatic hydroxyl groups excluding tert-OH is 3. The standard InChI is InChI=1S/C45H74N4O8/c1-3-30(26-8-4-5-9-26)44(54)56-36-21-34-40(53)39-35(52)20-29(23-50)55-42(39)38-33(19-24-7-6-10-28(51)18-24)31-15-16-48-43(47)32(31)13-12-27(45(36,2)57-41(34)38)17-25-11-14-37(46)49-22-25/h3,24-29,31-34,36-43,48-51,53H,4-23,46-47H2,1-2H3/p+1/t24?,25?,27-,28?,29?,31?,32?,33-,34?,36-,37?,38?,39?,40?,41?,42?,43?,45-/m0/s1. The number of ether oxygens (including phenoxy) is 3. The Kier molecular flexibility index (Phi) is 13.2. The molecule has 3 aliphatic carbocycles. The molecule has 0 radical (unpaired) electrons. The van der Waals surface area contributed by atoms with Crippen LogP contribution in [0, 0.1) is 59.2 Å². The summed E-state index contributed by atoms with van der Waals surface area (Å²) in [6, 6.07) is 0. The van der Waals surface area contributed by atoms with Crippen LogP contribution < -0.4 is 22.1 Å². The number of piperidine rings is 2. The topological polar surface area (TPSA) is 203 Å². The van der Waals surface area contributed by atoms with Crippen molar-refractivity contribution in [1.82, 2.24) is 5.32 Å². The number of nitrogens with two attached hydrogens (primary N) is 3. The van der Waals surface area contributed by atoms with Gasteiger partial charge in [0.1, 0.15) is 23.7 Å². The first-order chi connectivity index (χ1) is 27.5. The predicted octanol–water partition coefficient (Wildman–Crippen LogP) is 2.65. The fraction of sp³-hybridized carbons (Fsp3) is 0.911. The van der Waals surface area contributed by atoms with Gasteiger partial charge in [-0.3, -0.25) is 10.5 Å². The lowest BCUT2D eigenvalue weighted by Crippen LogP contribution is -2.95. The van der Waals surface area contributed by atoms with Crippen LogP contribution in [0.25, 0.3) is 0 Å². The summed E-state index contributed by atoms with van der Waals surface area (Å²) in [7, 11) is 0. The number of quaternary nitrogens is 1. The molecule has 5 aliphatic heterocycles. The number of fused-ring (bicyclic) bond motifs is 4. The van der Waals surface area contributed by atoms with Crippen LogP contribution in [0.2, 0.25) is 0 Å². The van der Waals surface area contributed by atoms with E-state index in [-0.39, 0.29) is 78.7 Å². The molecule has 3 saturated carbocycles. The quantitative estimate of drug-likeness (QED) is 0.141. The Balaban J connectivity index is 1.24. The second-order valence-electron chi connectivity index (χ2n) is 20.2. The van der Waals surface area contributed by atoms with Crippen LogP contribution in [0.3, 0.4) is 0 Å². The van der Waals surface area contributed by atoms with Gasteiger partial charge in [-0.15, -0.1) is 0 Å². The first kappa shape index (κ1) is 42.2. The van der Waals surface area contributed by atoms with Gasteiger partial charge in [-0.25, -0.2) is 4.79 Å². The molecule has 0 aromatic carbocycles. The van der Waals surface area contributed by atoms with Gasteiger partial charge >= 0.3 is 5.97 Å². The minimum atomic E-state index is -1.04. The number of esters is 1. The Bertz CT molecular complexity index is 1440. The van der Waals surface area contributed by atoms with Crippen molar-refractivity contribution in [3.8, 4) is 0 Å². The zero-order valence-electron chi connectivity index (χ0n) is 34.7. The third-order valence-electron chi connectivity index (χ3n) is 17.0. The fourth-order valence-electron chi connectivity index (χ4n) is 14.0. The highest BCUT2D eigenvalue weighted by atomic mass is 16.6. The van der Waals surface area contributed by atoms with Gasteiger partial charge in [-0.05, 0) is 127 Å². The highest BCUT2D eigenvalue weighted by Gasteiger charge is 2.65. The van der Waals surface area contributed by atoms with Crippen LogP contribution in [0.15, 0.2) is 11.6 Å². The van der Waals surface area contributed by atoms with Gasteiger partial charge in [-0.1, -0.05) is 31.8 Å². The smallest absolute Gasteiger partial charge is 0.334 e. The van der Waals surface area contributed by atoms with Crippen molar-refractivity contribution in [2.75, 3.05) is 19.7 Å². The van der Waals surface area contributed by atoms with Crippen molar-refractivity contribution in [3.63, 3.8) is 0 Å². The SMILES string of the molecule is CC=C(C(=O)O[C@H]1CC2C(O)C3C(=O)CC(CO)OC3C3C2O[C@@]1(C)[C@H](CC1CCC(N)[NH2+]C1)CCC1C(N)NCCC1[C@@H]3CC1CCCC(O)C1)C1CCCC1. The zero-order chi connectivity index (χ0) is 40.0. The molecule has 8 rings (SSSR count). The number of hydrogen-bond acceptors (Lipinski definition) is 11. The monoisotopic (exact) mass is 800 g/mol. The highest BCUT2D eigenvalue weighted by molar-refractivity contribution is 5.89. The summed E-state index contributed by atoms with van der Waals surface area (Å²) in [6.07, 6.45) is 12.9. The number of Topliss-reactive ketones (excluding diaryl/α,β-unsaturated/α-hetero) is 1. The molecular weight excluding hydrogens is 725 g/mol. The van der Waals surface area contributed by atoms with Crippen LogP contribution in [0.1, 0.15) is 123 Å². The maximum Gasteiger partial charge on any atom is 0.334 e. The molecule has 57 heavy (non-hydrogen) atoms. The first-order valence-electron chi connectivity index (χ1n) is 23.3. The normalized spacial score (nSPS) is 48.4. The summed E-state index contributed by atoms with van der Waals surface area (Å²) in [4.78, 5) is 28.6. The molecule has 0 aromatic rings. The second-order valence-corrected chi connectivity index (χ2v) is 20.2. The number of ketones is 1. The molecule has 0 amide bonds. The van der Waals surface area contributed by atoms with Crippen LogP contribution in [-0.4, -0.2) is 101 Å². The lowest BCUT2D eigenvalue weighted by Gasteiger charge is -2.62. The predicted molar refractivity (Wildman–Crippen MR) is 214 cm³/mol. The van der Waals surface area contributed by atoms with Gasteiger partial charge in [-0.2, -0.15) is 0 Å². The summed E-state index contributed by atoms with van der Waals surface area (Å²) in [5.41, 5.74) is 13.4. The Morgan fingerprint density at radius 1 is 0.947 bits per heavy atom. The summed E-state index contributed by atoms with van der Waals surface area (Å²) in [5.74, 6) is -0.399. The van der Waals surface area contributed by atoms with Crippen LogP contribution in [0.5, 0.6) is 0 Å². The van der Waals surface area contributed by atoms with E-state index in [0.29, 0.717) is 18.3 Å². The zero-order valence-corrected chi connectivity index (χ0v) is 34.7. The van der Waals surface area contributed by atoms with Crippen molar-refractivity contribution in [2.45, 2.75) is 178 Å². The largest absolute Gasteiger partial charge is 0.456 e. The van der Waals surface area contributed by atoms with E-state index in [2.05, 4.69) is 17.6 Å². The van der Waals surface area contributed by atoms with Crippen molar-refractivity contribution in [3.05, 3.63) is 11.6 Å². The minimum Gasteiger partial charge on any atom is -0.456 e. The Morgan fingerprint density at radius 2 is 1.75 bits per heavy atom. The maximum atomic E-state index is 14.4. The van der Waals surface area contributed by atoms with E-state index in [1.165, 1.54) is 0 Å². The lowest BCUT2D eigenvalue weighted by molar-refractivity contribution is -0.703. The molecule has 5 saturated heterocycles. The number of rotatable bonds is 8. The van der Waals surface area contributed by atoms with E-state index >= 15 is 0 Å². The third kappa shape index (κ3) is 8.44. The van der Waals surface area contributed by atoms with E-state index in [0.717, 1.165) is 115 Å². The van der Waals surface area contributed by atoms with Gasteiger partial charge in [0.05, 0.1) is 55.8 Å². The van der Waals surface area contributed by atoms with Gasteiger partial charge in [0, 0.05) is 36.2 Å². The van der Waals surface area contributed by atoms with Gasteiger partial charge in [0.2, 0.25) is 0 Å². The molecule has 0 spiro atoms. The number of carbonyl (C=O) groups is 2. The average molecular weight is 800 g/mol. The van der Waals surface area contributed by atoms with E-state index in [4.69, 9.17) is 25.7 Å². The maximum absolute atomic E-state index is 14.4. The van der Waals surface area contributed by atoms with Crippen LogP contribution in [-0.2, 0) is 23.8 Å². The second kappa shape index (κ2) is 17.9.